The number of fused-ring (bicyclic) bond motifs is 1. The molecule has 23 heavy (non-hydrogen) atoms. The van der Waals surface area contributed by atoms with Crippen molar-refractivity contribution in [3.8, 4) is 17.1 Å². The van der Waals surface area contributed by atoms with Crippen LogP contribution >= 0.6 is 0 Å². The third kappa shape index (κ3) is 3.33. The van der Waals surface area contributed by atoms with Crippen molar-refractivity contribution < 1.29 is 9.53 Å². The minimum absolute atomic E-state index is 0.0343. The molecule has 2 unspecified atom stereocenters. The van der Waals surface area contributed by atoms with E-state index in [2.05, 4.69) is 21.4 Å². The van der Waals surface area contributed by atoms with Gasteiger partial charge in [-0.3, -0.25) is 4.79 Å². The van der Waals surface area contributed by atoms with E-state index in [9.17, 15) is 4.79 Å². The highest BCUT2D eigenvalue weighted by Gasteiger charge is 2.27. The van der Waals surface area contributed by atoms with Crippen LogP contribution in [0.4, 0.5) is 0 Å². The van der Waals surface area contributed by atoms with Gasteiger partial charge in [-0.05, 0) is 24.1 Å². The Bertz CT molecular complexity index is 688. The van der Waals surface area contributed by atoms with Crippen LogP contribution in [-0.2, 0) is 11.2 Å². The number of hydrogen-bond donors (Lipinski definition) is 1. The van der Waals surface area contributed by atoms with E-state index in [0.29, 0.717) is 12.4 Å². The molecule has 0 aliphatic carbocycles. The SMILES string of the molecule is CCC(C)C(=O)NCC1Cc2cccc(-c3ncccn3)c2O1. The maximum atomic E-state index is 11.9. The lowest BCUT2D eigenvalue weighted by Gasteiger charge is -2.15. The van der Waals surface area contributed by atoms with Crippen molar-refractivity contribution in [2.45, 2.75) is 32.8 Å². The lowest BCUT2D eigenvalue weighted by Crippen LogP contribution is -2.37. The predicted molar refractivity (Wildman–Crippen MR) is 88.1 cm³/mol. The summed E-state index contributed by atoms with van der Waals surface area (Å²) in [6, 6.07) is 7.81. The molecule has 0 saturated carbocycles. The van der Waals surface area contributed by atoms with Gasteiger partial charge in [0.2, 0.25) is 5.91 Å². The number of aromatic nitrogens is 2. The van der Waals surface area contributed by atoms with E-state index in [1.165, 1.54) is 0 Å². The number of amides is 1. The number of hydrogen-bond acceptors (Lipinski definition) is 4. The van der Waals surface area contributed by atoms with Crippen molar-refractivity contribution in [2.75, 3.05) is 6.54 Å². The second kappa shape index (κ2) is 6.77. The molecule has 1 aliphatic heterocycles. The number of ether oxygens (including phenoxy) is 1. The molecule has 1 aliphatic rings. The highest BCUT2D eigenvalue weighted by atomic mass is 16.5. The summed E-state index contributed by atoms with van der Waals surface area (Å²) in [6.45, 7) is 4.47. The first-order valence-corrected chi connectivity index (χ1v) is 8.02. The summed E-state index contributed by atoms with van der Waals surface area (Å²) in [5, 5.41) is 2.97. The maximum absolute atomic E-state index is 11.9. The molecule has 2 heterocycles. The summed E-state index contributed by atoms with van der Waals surface area (Å²) >= 11 is 0. The van der Waals surface area contributed by atoms with E-state index < -0.39 is 0 Å². The Morgan fingerprint density at radius 1 is 1.35 bits per heavy atom. The highest BCUT2D eigenvalue weighted by Crippen LogP contribution is 2.37. The smallest absolute Gasteiger partial charge is 0.222 e. The van der Waals surface area contributed by atoms with Crippen LogP contribution in [-0.4, -0.2) is 28.5 Å². The number of nitrogens with zero attached hydrogens (tertiary/aromatic N) is 2. The normalized spacial score (nSPS) is 17.2. The van der Waals surface area contributed by atoms with Gasteiger partial charge in [-0.1, -0.05) is 26.0 Å². The Kier molecular flexibility index (Phi) is 4.55. The first kappa shape index (κ1) is 15.5. The first-order valence-electron chi connectivity index (χ1n) is 8.02. The van der Waals surface area contributed by atoms with Crippen LogP contribution in [0, 0.1) is 5.92 Å². The summed E-state index contributed by atoms with van der Waals surface area (Å²) in [5.74, 6) is 1.61. The fraction of sp³-hybridized carbons (Fsp3) is 0.389. The molecule has 3 rings (SSSR count). The zero-order valence-corrected chi connectivity index (χ0v) is 13.5. The monoisotopic (exact) mass is 311 g/mol. The van der Waals surface area contributed by atoms with Crippen molar-refractivity contribution >= 4 is 5.91 Å². The molecule has 120 valence electrons. The molecule has 1 aromatic heterocycles. The van der Waals surface area contributed by atoms with Crippen molar-refractivity contribution in [1.82, 2.24) is 15.3 Å². The molecule has 0 bridgehead atoms. The van der Waals surface area contributed by atoms with Gasteiger partial charge in [-0.25, -0.2) is 9.97 Å². The van der Waals surface area contributed by atoms with Gasteiger partial charge in [-0.2, -0.15) is 0 Å². The fourth-order valence-electron chi connectivity index (χ4n) is 2.64. The molecular formula is C18H21N3O2. The third-order valence-corrected chi connectivity index (χ3v) is 4.20. The molecule has 0 fully saturated rings. The lowest BCUT2D eigenvalue weighted by molar-refractivity contribution is -0.124. The second-order valence-electron chi connectivity index (χ2n) is 5.86. The number of para-hydroxylation sites is 1. The van der Waals surface area contributed by atoms with E-state index in [1.54, 1.807) is 18.5 Å². The summed E-state index contributed by atoms with van der Waals surface area (Å²) in [5.41, 5.74) is 2.04. The number of benzene rings is 1. The van der Waals surface area contributed by atoms with Gasteiger partial charge in [0.15, 0.2) is 5.82 Å². The molecule has 2 aromatic rings. The lowest BCUT2D eigenvalue weighted by atomic mass is 10.1. The Morgan fingerprint density at radius 3 is 2.87 bits per heavy atom. The van der Waals surface area contributed by atoms with Gasteiger partial charge in [0.25, 0.3) is 0 Å². The summed E-state index contributed by atoms with van der Waals surface area (Å²) < 4.78 is 6.06. The third-order valence-electron chi connectivity index (χ3n) is 4.20. The quantitative estimate of drug-likeness (QED) is 0.922. The average Bonchev–Trinajstić information content (AvgIpc) is 3.02. The number of nitrogens with one attached hydrogen (secondary N) is 1. The van der Waals surface area contributed by atoms with Crippen molar-refractivity contribution in [1.29, 1.82) is 0 Å². The van der Waals surface area contributed by atoms with E-state index in [-0.39, 0.29) is 17.9 Å². The molecule has 0 spiro atoms. The van der Waals surface area contributed by atoms with Gasteiger partial charge in [0.1, 0.15) is 11.9 Å². The van der Waals surface area contributed by atoms with Gasteiger partial charge < -0.3 is 10.1 Å². The van der Waals surface area contributed by atoms with Crippen LogP contribution < -0.4 is 10.1 Å². The molecular weight excluding hydrogens is 290 g/mol. The second-order valence-corrected chi connectivity index (χ2v) is 5.86. The van der Waals surface area contributed by atoms with Crippen LogP contribution in [0.25, 0.3) is 11.4 Å². The number of carbonyl (C=O) groups excluding carboxylic acids is 1. The first-order chi connectivity index (χ1) is 11.2. The standard InChI is InChI=1S/C18H21N3O2/c1-3-12(2)18(22)21-11-14-10-13-6-4-7-15(16(13)23-14)17-19-8-5-9-20-17/h4-9,12,14H,3,10-11H2,1-2H3,(H,21,22). The minimum Gasteiger partial charge on any atom is -0.487 e. The van der Waals surface area contributed by atoms with E-state index >= 15 is 0 Å². The van der Waals surface area contributed by atoms with Gasteiger partial charge in [-0.15, -0.1) is 0 Å². The summed E-state index contributed by atoms with van der Waals surface area (Å²) in [6.07, 6.45) is 5.04. The molecule has 5 nitrogen and oxygen atoms in total. The molecule has 5 heteroatoms. The van der Waals surface area contributed by atoms with Crippen LogP contribution in [0.1, 0.15) is 25.8 Å². The van der Waals surface area contributed by atoms with Crippen molar-refractivity contribution in [3.63, 3.8) is 0 Å². The van der Waals surface area contributed by atoms with Gasteiger partial charge in [0.05, 0.1) is 12.1 Å². The van der Waals surface area contributed by atoms with E-state index in [4.69, 9.17) is 4.74 Å². The molecule has 1 amide bonds. The molecule has 0 saturated heterocycles. The van der Waals surface area contributed by atoms with Gasteiger partial charge >= 0.3 is 0 Å². The fourth-order valence-corrected chi connectivity index (χ4v) is 2.64. The Balaban J connectivity index is 1.71. The average molecular weight is 311 g/mol. The molecule has 0 radical (unpaired) electrons. The largest absolute Gasteiger partial charge is 0.487 e. The van der Waals surface area contributed by atoms with Crippen molar-refractivity contribution in [2.24, 2.45) is 5.92 Å². The van der Waals surface area contributed by atoms with E-state index in [0.717, 1.165) is 29.7 Å². The van der Waals surface area contributed by atoms with Crippen molar-refractivity contribution in [3.05, 3.63) is 42.2 Å². The zero-order valence-electron chi connectivity index (χ0n) is 13.5. The minimum atomic E-state index is -0.0390. The number of rotatable bonds is 5. The van der Waals surface area contributed by atoms with Crippen LogP contribution in [0.3, 0.4) is 0 Å². The van der Waals surface area contributed by atoms with Crippen LogP contribution in [0.15, 0.2) is 36.7 Å². The van der Waals surface area contributed by atoms with Crippen LogP contribution in [0.5, 0.6) is 5.75 Å². The summed E-state index contributed by atoms with van der Waals surface area (Å²) in [7, 11) is 0. The Hall–Kier alpha value is -2.43. The Morgan fingerprint density at radius 2 is 2.13 bits per heavy atom. The molecule has 1 N–H and O–H groups in total. The molecule has 2 atom stereocenters. The maximum Gasteiger partial charge on any atom is 0.222 e. The predicted octanol–water partition coefficient (Wildman–Crippen LogP) is 2.61. The highest BCUT2D eigenvalue weighted by molar-refractivity contribution is 5.78. The topological polar surface area (TPSA) is 64.1 Å². The summed E-state index contributed by atoms with van der Waals surface area (Å²) in [4.78, 5) is 20.5. The zero-order chi connectivity index (χ0) is 16.2. The molecule has 1 aromatic carbocycles. The van der Waals surface area contributed by atoms with Gasteiger partial charge in [0, 0.05) is 24.7 Å². The Labute approximate surface area is 136 Å². The van der Waals surface area contributed by atoms with Crippen LogP contribution in [0.2, 0.25) is 0 Å². The number of carbonyl (C=O) groups is 1. The van der Waals surface area contributed by atoms with E-state index in [1.807, 2.05) is 26.0 Å².